The maximum absolute atomic E-state index is 12.3. The van der Waals surface area contributed by atoms with Crippen molar-refractivity contribution in [1.82, 2.24) is 4.98 Å². The number of Topliss-reactive ketones (excluding diaryl/α,β-unsaturated/α-hetero) is 1. The Kier molecular flexibility index (Phi) is 3.52. The number of nitrogens with zero attached hydrogens (tertiary/aromatic N) is 2. The highest BCUT2D eigenvalue weighted by Gasteiger charge is 2.40. The standard InChI is InChI=1S/C13H13BrN2OS/c1-13(2)5-9-8(10(17)11(13)14)4-7(6-15)12(16-9)18-3/h4,11H,5H2,1-3H3/t11-/m1/s1. The minimum Gasteiger partial charge on any atom is -0.293 e. The van der Waals surface area contributed by atoms with Crippen LogP contribution in [0, 0.1) is 16.7 Å². The predicted molar refractivity (Wildman–Crippen MR) is 75.3 cm³/mol. The molecule has 0 saturated carbocycles. The Morgan fingerprint density at radius 2 is 2.28 bits per heavy atom. The van der Waals surface area contributed by atoms with E-state index < -0.39 is 0 Å². The maximum Gasteiger partial charge on any atom is 0.178 e. The number of ketones is 1. The molecule has 1 heterocycles. The Hall–Kier alpha value is -0.860. The first-order valence-corrected chi connectivity index (χ1v) is 7.71. The van der Waals surface area contributed by atoms with Crippen molar-refractivity contribution < 1.29 is 4.79 Å². The second-order valence-corrected chi connectivity index (χ2v) is 6.75. The van der Waals surface area contributed by atoms with Crippen LogP contribution >= 0.6 is 27.7 Å². The molecule has 0 aliphatic heterocycles. The summed E-state index contributed by atoms with van der Waals surface area (Å²) in [6.07, 6.45) is 2.63. The third-order valence-corrected chi connectivity index (χ3v) is 5.54. The van der Waals surface area contributed by atoms with Crippen molar-refractivity contribution >= 4 is 33.5 Å². The van der Waals surface area contributed by atoms with E-state index in [1.54, 1.807) is 6.07 Å². The van der Waals surface area contributed by atoms with Gasteiger partial charge in [0.1, 0.15) is 11.1 Å². The Bertz CT molecular complexity index is 563. The molecule has 0 bridgehead atoms. The van der Waals surface area contributed by atoms with E-state index in [0.29, 0.717) is 16.2 Å². The molecule has 0 fully saturated rings. The lowest BCUT2D eigenvalue weighted by Crippen LogP contribution is -2.39. The second kappa shape index (κ2) is 4.67. The van der Waals surface area contributed by atoms with E-state index in [9.17, 15) is 4.79 Å². The number of hydrogen-bond acceptors (Lipinski definition) is 4. The molecule has 0 saturated heterocycles. The van der Waals surface area contributed by atoms with E-state index in [4.69, 9.17) is 5.26 Å². The van der Waals surface area contributed by atoms with E-state index in [1.807, 2.05) is 20.1 Å². The molecule has 1 aliphatic rings. The van der Waals surface area contributed by atoms with Gasteiger partial charge in [0, 0.05) is 5.56 Å². The number of pyridine rings is 1. The third kappa shape index (κ3) is 2.08. The minimum atomic E-state index is -0.217. The minimum absolute atomic E-state index is 0.0258. The molecule has 0 radical (unpaired) electrons. The van der Waals surface area contributed by atoms with Crippen molar-refractivity contribution in [1.29, 1.82) is 5.26 Å². The quantitative estimate of drug-likeness (QED) is 0.588. The van der Waals surface area contributed by atoms with Crippen LogP contribution in [-0.4, -0.2) is 21.9 Å². The molecule has 3 nitrogen and oxygen atoms in total. The monoisotopic (exact) mass is 324 g/mol. The lowest BCUT2D eigenvalue weighted by molar-refractivity contribution is 0.0926. The number of hydrogen-bond donors (Lipinski definition) is 0. The predicted octanol–water partition coefficient (Wildman–Crippen LogP) is 3.20. The zero-order valence-electron chi connectivity index (χ0n) is 10.5. The average molecular weight is 325 g/mol. The molecule has 1 aliphatic carbocycles. The highest BCUT2D eigenvalue weighted by Crippen LogP contribution is 2.39. The molecule has 2 rings (SSSR count). The number of halogens is 1. The summed E-state index contributed by atoms with van der Waals surface area (Å²) < 4.78 is 0. The van der Waals surface area contributed by atoms with Crippen molar-refractivity contribution in [2.45, 2.75) is 30.1 Å². The maximum atomic E-state index is 12.3. The molecule has 0 N–H and O–H groups in total. The van der Waals surface area contributed by atoms with E-state index in [1.165, 1.54) is 11.8 Å². The molecule has 0 aromatic carbocycles. The number of carbonyl (C=O) groups is 1. The molecular weight excluding hydrogens is 312 g/mol. The van der Waals surface area contributed by atoms with E-state index in [0.717, 1.165) is 12.1 Å². The summed E-state index contributed by atoms with van der Waals surface area (Å²) in [7, 11) is 0. The first-order chi connectivity index (χ1) is 8.40. The molecule has 0 spiro atoms. The fourth-order valence-electron chi connectivity index (χ4n) is 2.13. The lowest BCUT2D eigenvalue weighted by Gasteiger charge is -2.34. The second-order valence-electron chi connectivity index (χ2n) is 5.04. The van der Waals surface area contributed by atoms with Crippen molar-refractivity contribution in [3.63, 3.8) is 0 Å². The van der Waals surface area contributed by atoms with Crippen molar-refractivity contribution in [3.8, 4) is 6.07 Å². The van der Waals surface area contributed by atoms with Gasteiger partial charge < -0.3 is 0 Å². The zero-order chi connectivity index (χ0) is 13.5. The summed E-state index contributed by atoms with van der Waals surface area (Å²) in [5.41, 5.74) is 1.73. The Morgan fingerprint density at radius 1 is 1.61 bits per heavy atom. The molecule has 5 heteroatoms. The molecule has 1 atom stereocenters. The smallest absolute Gasteiger partial charge is 0.178 e. The van der Waals surface area contributed by atoms with Crippen molar-refractivity contribution in [2.24, 2.45) is 5.41 Å². The van der Waals surface area contributed by atoms with Gasteiger partial charge in [-0.15, -0.1) is 11.8 Å². The van der Waals surface area contributed by atoms with Crippen molar-refractivity contribution in [3.05, 3.63) is 22.9 Å². The average Bonchev–Trinajstić information content (AvgIpc) is 2.34. The summed E-state index contributed by atoms with van der Waals surface area (Å²) in [6, 6.07) is 3.78. The normalized spacial score (nSPS) is 21.3. The van der Waals surface area contributed by atoms with Gasteiger partial charge in [0.05, 0.1) is 16.1 Å². The molecule has 18 heavy (non-hydrogen) atoms. The van der Waals surface area contributed by atoms with Crippen LogP contribution in [0.15, 0.2) is 11.1 Å². The lowest BCUT2D eigenvalue weighted by atomic mass is 9.75. The number of rotatable bonds is 1. The Balaban J connectivity index is 2.62. The number of aromatic nitrogens is 1. The van der Waals surface area contributed by atoms with Gasteiger partial charge in [-0.1, -0.05) is 29.8 Å². The fourth-order valence-corrected chi connectivity index (χ4v) is 3.06. The molecule has 1 aromatic heterocycles. The van der Waals surface area contributed by atoms with Crippen LogP contribution in [0.4, 0.5) is 0 Å². The summed E-state index contributed by atoms with van der Waals surface area (Å²) in [5.74, 6) is 0.0258. The Morgan fingerprint density at radius 3 is 2.83 bits per heavy atom. The largest absolute Gasteiger partial charge is 0.293 e. The van der Waals surface area contributed by atoms with Crippen LogP contribution in [-0.2, 0) is 6.42 Å². The Labute approximate surface area is 119 Å². The summed E-state index contributed by atoms with van der Waals surface area (Å²) in [4.78, 5) is 16.6. The van der Waals surface area contributed by atoms with Gasteiger partial charge in [0.25, 0.3) is 0 Å². The van der Waals surface area contributed by atoms with Gasteiger partial charge in [-0.05, 0) is 24.2 Å². The SMILES string of the molecule is CSc1nc2c(cc1C#N)C(=O)[C@@H](Br)C(C)(C)C2. The summed E-state index contributed by atoms with van der Waals surface area (Å²) >= 11 is 4.90. The molecule has 94 valence electrons. The van der Waals surface area contributed by atoms with Crippen LogP contribution in [0.5, 0.6) is 0 Å². The van der Waals surface area contributed by atoms with Gasteiger partial charge in [0.15, 0.2) is 5.78 Å². The molecule has 0 unspecified atom stereocenters. The topological polar surface area (TPSA) is 53.8 Å². The van der Waals surface area contributed by atoms with Crippen LogP contribution in [0.3, 0.4) is 0 Å². The summed E-state index contributed by atoms with van der Waals surface area (Å²) in [6.45, 7) is 4.10. The molecular formula is C13H13BrN2OS. The number of carbonyl (C=O) groups excluding carboxylic acids is 1. The highest BCUT2D eigenvalue weighted by molar-refractivity contribution is 9.10. The first kappa shape index (κ1) is 13.6. The number of fused-ring (bicyclic) bond motifs is 1. The zero-order valence-corrected chi connectivity index (χ0v) is 12.9. The van der Waals surface area contributed by atoms with Crippen LogP contribution in [0.25, 0.3) is 0 Å². The number of nitriles is 1. The fraction of sp³-hybridized carbons (Fsp3) is 0.462. The van der Waals surface area contributed by atoms with Gasteiger partial charge in [0.2, 0.25) is 0 Å². The number of alkyl halides is 1. The van der Waals surface area contributed by atoms with E-state index in [2.05, 4.69) is 27.0 Å². The van der Waals surface area contributed by atoms with Gasteiger partial charge in [-0.25, -0.2) is 4.98 Å². The summed E-state index contributed by atoms with van der Waals surface area (Å²) in [5, 5.41) is 9.78. The van der Waals surface area contributed by atoms with Gasteiger partial charge >= 0.3 is 0 Å². The van der Waals surface area contributed by atoms with E-state index >= 15 is 0 Å². The van der Waals surface area contributed by atoms with Crippen LogP contribution in [0.2, 0.25) is 0 Å². The number of thioether (sulfide) groups is 1. The van der Waals surface area contributed by atoms with Gasteiger partial charge in [-0.3, -0.25) is 4.79 Å². The van der Waals surface area contributed by atoms with Crippen molar-refractivity contribution in [2.75, 3.05) is 6.26 Å². The van der Waals surface area contributed by atoms with E-state index in [-0.39, 0.29) is 16.0 Å². The molecule has 1 aromatic rings. The molecule has 0 amide bonds. The highest BCUT2D eigenvalue weighted by atomic mass is 79.9. The van der Waals surface area contributed by atoms with Crippen LogP contribution < -0.4 is 0 Å². The third-order valence-electron chi connectivity index (χ3n) is 3.19. The first-order valence-electron chi connectivity index (χ1n) is 5.57. The van der Waals surface area contributed by atoms with Gasteiger partial charge in [-0.2, -0.15) is 5.26 Å². The van der Waals surface area contributed by atoms with Crippen LogP contribution in [0.1, 0.15) is 35.5 Å².